The van der Waals surface area contributed by atoms with Crippen LogP contribution in [0, 0.1) is 13.8 Å². The molecule has 6 heteroatoms. The average molecular weight is 259 g/mol. The van der Waals surface area contributed by atoms with Gasteiger partial charge >= 0.3 is 0 Å². The van der Waals surface area contributed by atoms with E-state index in [0.29, 0.717) is 0 Å². The van der Waals surface area contributed by atoms with Crippen molar-refractivity contribution >= 4 is 12.1 Å². The fraction of sp³-hybridized carbons (Fsp3) is 0.308. The van der Waals surface area contributed by atoms with Crippen molar-refractivity contribution in [2.45, 2.75) is 20.4 Å². The van der Waals surface area contributed by atoms with E-state index in [9.17, 15) is 4.79 Å². The molecule has 0 saturated heterocycles. The van der Waals surface area contributed by atoms with Gasteiger partial charge in [0.1, 0.15) is 6.54 Å². The number of rotatable bonds is 4. The Kier molecular flexibility index (Phi) is 3.79. The number of carbonyl (C=O) groups excluding carboxylic acids is 1. The van der Waals surface area contributed by atoms with Crippen LogP contribution in [-0.2, 0) is 18.4 Å². The van der Waals surface area contributed by atoms with E-state index >= 15 is 0 Å². The van der Waals surface area contributed by atoms with E-state index in [1.165, 1.54) is 0 Å². The Balaban J connectivity index is 1.90. The Morgan fingerprint density at radius 3 is 2.89 bits per heavy atom. The summed E-state index contributed by atoms with van der Waals surface area (Å²) < 4.78 is 3.57. The average Bonchev–Trinajstić information content (AvgIpc) is 2.86. The molecule has 100 valence electrons. The molecule has 0 aliphatic rings. The summed E-state index contributed by atoms with van der Waals surface area (Å²) in [5.41, 5.74) is 5.27. The molecule has 2 aromatic rings. The van der Waals surface area contributed by atoms with Crippen LogP contribution in [0.4, 0.5) is 0 Å². The number of hydrogen-bond donors (Lipinski definition) is 1. The van der Waals surface area contributed by atoms with Gasteiger partial charge in [-0.3, -0.25) is 9.48 Å². The highest BCUT2D eigenvalue weighted by atomic mass is 16.2. The van der Waals surface area contributed by atoms with Gasteiger partial charge in [-0.15, -0.1) is 0 Å². The van der Waals surface area contributed by atoms with E-state index < -0.39 is 0 Å². The van der Waals surface area contributed by atoms with Crippen LogP contribution in [0.25, 0.3) is 0 Å². The molecule has 2 heterocycles. The number of amides is 1. The summed E-state index contributed by atoms with van der Waals surface area (Å²) in [7, 11) is 1.92. The van der Waals surface area contributed by atoms with Gasteiger partial charge < -0.3 is 4.57 Å². The van der Waals surface area contributed by atoms with Crippen molar-refractivity contribution in [1.29, 1.82) is 0 Å². The highest BCUT2D eigenvalue weighted by Gasteiger charge is 2.05. The minimum atomic E-state index is -0.198. The Morgan fingerprint density at radius 2 is 2.32 bits per heavy atom. The lowest BCUT2D eigenvalue weighted by Crippen LogP contribution is -2.24. The number of hydrazone groups is 1. The van der Waals surface area contributed by atoms with Crippen molar-refractivity contribution < 1.29 is 4.79 Å². The van der Waals surface area contributed by atoms with E-state index in [-0.39, 0.29) is 12.5 Å². The summed E-state index contributed by atoms with van der Waals surface area (Å²) in [6.45, 7) is 3.99. The number of nitrogens with one attached hydrogen (secondary N) is 1. The molecule has 0 atom stereocenters. The van der Waals surface area contributed by atoms with E-state index in [2.05, 4.69) is 15.6 Å². The molecule has 0 aliphatic carbocycles. The smallest absolute Gasteiger partial charge is 0.261 e. The van der Waals surface area contributed by atoms with Crippen molar-refractivity contribution in [2.75, 3.05) is 0 Å². The molecule has 0 aliphatic heterocycles. The van der Waals surface area contributed by atoms with Gasteiger partial charge in [-0.25, -0.2) is 5.43 Å². The highest BCUT2D eigenvalue weighted by molar-refractivity contribution is 5.81. The van der Waals surface area contributed by atoms with E-state index in [4.69, 9.17) is 0 Å². The van der Waals surface area contributed by atoms with Gasteiger partial charge in [-0.1, -0.05) is 0 Å². The van der Waals surface area contributed by atoms with Crippen LogP contribution in [0.5, 0.6) is 0 Å². The lowest BCUT2D eigenvalue weighted by atomic mass is 10.4. The fourth-order valence-corrected chi connectivity index (χ4v) is 1.79. The molecule has 0 saturated carbocycles. The van der Waals surface area contributed by atoms with Gasteiger partial charge in [0, 0.05) is 18.9 Å². The third-order valence-electron chi connectivity index (χ3n) is 2.77. The maximum Gasteiger partial charge on any atom is 0.261 e. The van der Waals surface area contributed by atoms with E-state index in [1.807, 2.05) is 49.9 Å². The van der Waals surface area contributed by atoms with Crippen molar-refractivity contribution in [3.8, 4) is 0 Å². The monoisotopic (exact) mass is 259 g/mol. The molecule has 0 bridgehead atoms. The highest BCUT2D eigenvalue weighted by Crippen LogP contribution is 2.01. The first-order chi connectivity index (χ1) is 9.06. The summed E-state index contributed by atoms with van der Waals surface area (Å²) in [5.74, 6) is -0.198. The predicted molar refractivity (Wildman–Crippen MR) is 72.9 cm³/mol. The molecule has 19 heavy (non-hydrogen) atoms. The second-order valence-corrected chi connectivity index (χ2v) is 4.42. The van der Waals surface area contributed by atoms with Crippen LogP contribution in [-0.4, -0.2) is 26.5 Å². The molecule has 0 unspecified atom stereocenters. The van der Waals surface area contributed by atoms with Crippen molar-refractivity contribution in [2.24, 2.45) is 12.1 Å². The second-order valence-electron chi connectivity index (χ2n) is 4.42. The Morgan fingerprint density at radius 1 is 1.53 bits per heavy atom. The molecule has 2 rings (SSSR count). The second kappa shape index (κ2) is 5.51. The van der Waals surface area contributed by atoms with Gasteiger partial charge in [-0.2, -0.15) is 10.2 Å². The summed E-state index contributed by atoms with van der Waals surface area (Å²) in [6.07, 6.45) is 3.53. The Bertz CT molecular complexity index is 608. The molecule has 0 aromatic carbocycles. The largest absolute Gasteiger partial charge is 0.350 e. The maximum absolute atomic E-state index is 11.7. The number of hydrogen-bond acceptors (Lipinski definition) is 3. The minimum absolute atomic E-state index is 0.171. The number of carbonyl (C=O) groups is 1. The van der Waals surface area contributed by atoms with Gasteiger partial charge in [0.2, 0.25) is 0 Å². The minimum Gasteiger partial charge on any atom is -0.350 e. The lowest BCUT2D eigenvalue weighted by Gasteiger charge is -2.02. The first-order valence-corrected chi connectivity index (χ1v) is 6.00. The standard InChI is InChI=1S/C13H17N5O/c1-10-7-11(2)18(16-10)9-13(19)15-14-8-12-5-4-6-17(12)3/h4-8H,9H2,1-3H3,(H,15,19)/b14-8+. The lowest BCUT2D eigenvalue weighted by molar-refractivity contribution is -0.121. The SMILES string of the molecule is Cc1cc(C)n(CC(=O)N/N=C/c2cccn2C)n1. The molecule has 2 aromatic heterocycles. The fourth-order valence-electron chi connectivity index (χ4n) is 1.79. The summed E-state index contributed by atoms with van der Waals surface area (Å²) in [5, 5.41) is 8.14. The first kappa shape index (κ1) is 13.1. The zero-order chi connectivity index (χ0) is 13.8. The van der Waals surface area contributed by atoms with Crippen LogP contribution in [0.2, 0.25) is 0 Å². The van der Waals surface area contributed by atoms with Gasteiger partial charge in [0.15, 0.2) is 0 Å². The predicted octanol–water partition coefficient (Wildman–Crippen LogP) is 0.989. The van der Waals surface area contributed by atoms with Crippen LogP contribution in [0.15, 0.2) is 29.5 Å². The number of nitrogens with zero attached hydrogens (tertiary/aromatic N) is 4. The summed E-state index contributed by atoms with van der Waals surface area (Å²) in [6, 6.07) is 5.76. The van der Waals surface area contributed by atoms with Crippen molar-refractivity contribution in [3.63, 3.8) is 0 Å². The quantitative estimate of drug-likeness (QED) is 0.657. The zero-order valence-corrected chi connectivity index (χ0v) is 11.3. The molecule has 0 fully saturated rings. The van der Waals surface area contributed by atoms with E-state index in [0.717, 1.165) is 17.1 Å². The number of aryl methyl sites for hydroxylation is 3. The molecule has 1 amide bonds. The van der Waals surface area contributed by atoms with Crippen LogP contribution < -0.4 is 5.43 Å². The van der Waals surface area contributed by atoms with Crippen LogP contribution in [0.3, 0.4) is 0 Å². The zero-order valence-electron chi connectivity index (χ0n) is 11.3. The van der Waals surface area contributed by atoms with Gasteiger partial charge in [0.25, 0.3) is 5.91 Å². The Labute approximate surface area is 111 Å². The molecular formula is C13H17N5O. The third-order valence-corrected chi connectivity index (χ3v) is 2.77. The van der Waals surface area contributed by atoms with Crippen molar-refractivity contribution in [3.05, 3.63) is 41.5 Å². The topological polar surface area (TPSA) is 64.2 Å². The first-order valence-electron chi connectivity index (χ1n) is 6.00. The van der Waals surface area contributed by atoms with Crippen LogP contribution in [0.1, 0.15) is 17.1 Å². The van der Waals surface area contributed by atoms with E-state index in [1.54, 1.807) is 10.9 Å². The summed E-state index contributed by atoms with van der Waals surface area (Å²) >= 11 is 0. The van der Waals surface area contributed by atoms with Crippen molar-refractivity contribution in [1.82, 2.24) is 19.8 Å². The normalized spacial score (nSPS) is 11.1. The Hall–Kier alpha value is -2.37. The van der Waals surface area contributed by atoms with Gasteiger partial charge in [-0.05, 0) is 32.0 Å². The third kappa shape index (κ3) is 3.31. The molecule has 0 spiro atoms. The maximum atomic E-state index is 11.7. The summed E-state index contributed by atoms with van der Waals surface area (Å²) in [4.78, 5) is 11.7. The molecular weight excluding hydrogens is 242 g/mol. The van der Waals surface area contributed by atoms with Crippen LogP contribution >= 0.6 is 0 Å². The molecule has 0 radical (unpaired) electrons. The molecule has 1 N–H and O–H groups in total. The molecule has 6 nitrogen and oxygen atoms in total. The number of aromatic nitrogens is 3. The van der Waals surface area contributed by atoms with Gasteiger partial charge in [0.05, 0.1) is 17.6 Å².